The van der Waals surface area contributed by atoms with E-state index in [4.69, 9.17) is 11.6 Å². The lowest BCUT2D eigenvalue weighted by molar-refractivity contribution is -0.131. The van der Waals surface area contributed by atoms with Gasteiger partial charge in [0.25, 0.3) is 5.91 Å². The number of anilines is 2. The number of hydrogen-bond donors (Lipinski definition) is 1. The lowest BCUT2D eigenvalue weighted by Gasteiger charge is -2.36. The third-order valence-corrected chi connectivity index (χ3v) is 5.62. The van der Waals surface area contributed by atoms with Crippen molar-refractivity contribution in [3.63, 3.8) is 0 Å². The summed E-state index contributed by atoms with van der Waals surface area (Å²) < 4.78 is 0. The van der Waals surface area contributed by atoms with Crippen molar-refractivity contribution in [1.29, 1.82) is 0 Å². The Labute approximate surface area is 177 Å². The van der Waals surface area contributed by atoms with E-state index in [-0.39, 0.29) is 11.8 Å². The Hall–Kier alpha value is -2.53. The van der Waals surface area contributed by atoms with Gasteiger partial charge >= 0.3 is 0 Å². The van der Waals surface area contributed by atoms with Crippen molar-refractivity contribution in [3.8, 4) is 0 Å². The first kappa shape index (κ1) is 21.2. The highest BCUT2D eigenvalue weighted by Gasteiger charge is 2.21. The fourth-order valence-corrected chi connectivity index (χ4v) is 3.78. The summed E-state index contributed by atoms with van der Waals surface area (Å²) in [6.07, 6.45) is 0.537. The van der Waals surface area contributed by atoms with Crippen LogP contribution in [0.5, 0.6) is 0 Å². The van der Waals surface area contributed by atoms with Crippen LogP contribution in [0.15, 0.2) is 42.5 Å². The Bertz CT molecular complexity index is 872. The molecule has 2 aromatic carbocycles. The molecule has 1 aliphatic heterocycles. The van der Waals surface area contributed by atoms with Crippen molar-refractivity contribution in [3.05, 3.63) is 58.6 Å². The van der Waals surface area contributed by atoms with Crippen molar-refractivity contribution >= 4 is 34.8 Å². The number of hydrogen-bond acceptors (Lipinski definition) is 3. The summed E-state index contributed by atoms with van der Waals surface area (Å²) in [7, 11) is 0. The number of halogens is 1. The van der Waals surface area contributed by atoms with Crippen molar-refractivity contribution in [2.24, 2.45) is 0 Å². The minimum atomic E-state index is -0.157. The van der Waals surface area contributed by atoms with Crippen molar-refractivity contribution in [1.82, 2.24) is 4.90 Å². The molecule has 29 heavy (non-hydrogen) atoms. The molecular weight excluding hydrogens is 386 g/mol. The normalized spacial score (nSPS) is 14.2. The van der Waals surface area contributed by atoms with E-state index in [0.29, 0.717) is 41.7 Å². The van der Waals surface area contributed by atoms with Gasteiger partial charge in [0.05, 0.1) is 10.7 Å². The average molecular weight is 414 g/mol. The van der Waals surface area contributed by atoms with Crippen LogP contribution in [0.3, 0.4) is 0 Å². The van der Waals surface area contributed by atoms with Gasteiger partial charge in [-0.15, -0.1) is 0 Å². The van der Waals surface area contributed by atoms with Gasteiger partial charge in [-0.2, -0.15) is 0 Å². The maximum absolute atomic E-state index is 12.5. The van der Waals surface area contributed by atoms with E-state index in [1.54, 1.807) is 6.07 Å². The van der Waals surface area contributed by atoms with E-state index < -0.39 is 0 Å². The molecule has 0 radical (unpaired) electrons. The zero-order valence-electron chi connectivity index (χ0n) is 17.2. The summed E-state index contributed by atoms with van der Waals surface area (Å²) >= 11 is 6.50. The maximum atomic E-state index is 12.5. The topological polar surface area (TPSA) is 52.7 Å². The Kier molecular flexibility index (Phi) is 6.80. The quantitative estimate of drug-likeness (QED) is 0.767. The lowest BCUT2D eigenvalue weighted by Crippen LogP contribution is -2.48. The molecule has 0 aromatic heterocycles. The first-order valence-corrected chi connectivity index (χ1v) is 10.5. The molecule has 154 valence electrons. The standard InChI is InChI=1S/C23H28ClN3O2/c1-4-22(28)27-13-11-26(12-14-27)21-10-9-19(15-20(21)24)25-23(29)18-7-5-17(6-8-18)16(2)3/h5-10,15-16H,4,11-14H2,1-3H3,(H,25,29). The predicted octanol–water partition coefficient (Wildman–Crippen LogP) is 4.77. The highest BCUT2D eigenvalue weighted by Crippen LogP contribution is 2.30. The molecule has 0 bridgehead atoms. The van der Waals surface area contributed by atoms with Crippen molar-refractivity contribution in [2.75, 3.05) is 36.4 Å². The van der Waals surface area contributed by atoms with E-state index in [0.717, 1.165) is 18.8 Å². The van der Waals surface area contributed by atoms with E-state index in [9.17, 15) is 9.59 Å². The maximum Gasteiger partial charge on any atom is 0.255 e. The Morgan fingerprint density at radius 2 is 1.69 bits per heavy atom. The van der Waals surface area contributed by atoms with Crippen LogP contribution in [-0.2, 0) is 4.79 Å². The van der Waals surface area contributed by atoms with Gasteiger partial charge in [-0.05, 0) is 41.8 Å². The molecule has 0 saturated carbocycles. The smallest absolute Gasteiger partial charge is 0.255 e. The first-order chi connectivity index (χ1) is 13.9. The highest BCUT2D eigenvalue weighted by atomic mass is 35.5. The van der Waals surface area contributed by atoms with Gasteiger partial charge in [0.15, 0.2) is 0 Å². The zero-order chi connectivity index (χ0) is 21.0. The third kappa shape index (κ3) is 5.10. The second-order valence-corrected chi connectivity index (χ2v) is 8.03. The number of benzene rings is 2. The molecule has 1 saturated heterocycles. The summed E-state index contributed by atoms with van der Waals surface area (Å²) in [5.41, 5.74) is 3.41. The fraction of sp³-hybridized carbons (Fsp3) is 0.391. The molecular formula is C23H28ClN3O2. The average Bonchev–Trinajstić information content (AvgIpc) is 2.73. The molecule has 2 amide bonds. The van der Waals surface area contributed by atoms with Crippen LogP contribution >= 0.6 is 11.6 Å². The van der Waals surface area contributed by atoms with Crippen LogP contribution in [0.1, 0.15) is 49.0 Å². The van der Waals surface area contributed by atoms with E-state index >= 15 is 0 Å². The molecule has 0 aliphatic carbocycles. The second kappa shape index (κ2) is 9.31. The molecule has 2 aromatic rings. The zero-order valence-corrected chi connectivity index (χ0v) is 18.0. The van der Waals surface area contributed by atoms with Crippen LogP contribution in [-0.4, -0.2) is 42.9 Å². The molecule has 0 atom stereocenters. The Balaban J connectivity index is 1.63. The van der Waals surface area contributed by atoms with Gasteiger partial charge in [-0.3, -0.25) is 9.59 Å². The fourth-order valence-electron chi connectivity index (χ4n) is 3.48. The molecule has 1 fully saturated rings. The number of nitrogens with one attached hydrogen (secondary N) is 1. The molecule has 0 unspecified atom stereocenters. The van der Waals surface area contributed by atoms with Gasteiger partial charge in [0.2, 0.25) is 5.91 Å². The van der Waals surface area contributed by atoms with Gasteiger partial charge in [-0.25, -0.2) is 0 Å². The minimum absolute atomic E-state index is 0.157. The lowest BCUT2D eigenvalue weighted by atomic mass is 10.0. The van der Waals surface area contributed by atoms with E-state index in [1.165, 1.54) is 5.56 Å². The monoisotopic (exact) mass is 413 g/mol. The minimum Gasteiger partial charge on any atom is -0.367 e. The van der Waals surface area contributed by atoms with Gasteiger partial charge in [-0.1, -0.05) is 44.5 Å². The SMILES string of the molecule is CCC(=O)N1CCN(c2ccc(NC(=O)c3ccc(C(C)C)cc3)cc2Cl)CC1. The number of carbonyl (C=O) groups excluding carboxylic acids is 2. The molecule has 3 rings (SSSR count). The molecule has 1 N–H and O–H groups in total. The molecule has 1 aliphatic rings. The van der Waals surface area contributed by atoms with Crippen LogP contribution in [0.2, 0.25) is 5.02 Å². The Morgan fingerprint density at radius 3 is 2.24 bits per heavy atom. The molecule has 6 heteroatoms. The number of piperazine rings is 1. The predicted molar refractivity (Wildman–Crippen MR) is 119 cm³/mol. The number of amides is 2. The second-order valence-electron chi connectivity index (χ2n) is 7.62. The summed E-state index contributed by atoms with van der Waals surface area (Å²) in [6, 6.07) is 13.2. The number of nitrogens with zero attached hydrogens (tertiary/aromatic N) is 2. The molecule has 0 spiro atoms. The molecule has 1 heterocycles. The highest BCUT2D eigenvalue weighted by molar-refractivity contribution is 6.33. The van der Waals surface area contributed by atoms with Crippen molar-refractivity contribution < 1.29 is 9.59 Å². The van der Waals surface area contributed by atoms with Crippen LogP contribution < -0.4 is 10.2 Å². The molecule has 5 nitrogen and oxygen atoms in total. The van der Waals surface area contributed by atoms with Crippen LogP contribution in [0.25, 0.3) is 0 Å². The Morgan fingerprint density at radius 1 is 1.03 bits per heavy atom. The third-order valence-electron chi connectivity index (χ3n) is 5.32. The summed E-state index contributed by atoms with van der Waals surface area (Å²) in [4.78, 5) is 28.4. The summed E-state index contributed by atoms with van der Waals surface area (Å²) in [5, 5.41) is 3.50. The van der Waals surface area contributed by atoms with Crippen LogP contribution in [0.4, 0.5) is 11.4 Å². The van der Waals surface area contributed by atoms with E-state index in [1.807, 2.05) is 48.2 Å². The summed E-state index contributed by atoms with van der Waals surface area (Å²) in [6.45, 7) is 9.04. The van der Waals surface area contributed by atoms with E-state index in [2.05, 4.69) is 24.1 Å². The number of carbonyl (C=O) groups is 2. The van der Waals surface area contributed by atoms with Crippen molar-refractivity contribution in [2.45, 2.75) is 33.1 Å². The van der Waals surface area contributed by atoms with Gasteiger partial charge in [0, 0.05) is 43.9 Å². The summed E-state index contributed by atoms with van der Waals surface area (Å²) in [5.74, 6) is 0.464. The van der Waals surface area contributed by atoms with Crippen LogP contribution in [0, 0.1) is 0 Å². The number of rotatable bonds is 5. The largest absolute Gasteiger partial charge is 0.367 e. The first-order valence-electron chi connectivity index (χ1n) is 10.1. The van der Waals surface area contributed by atoms with Gasteiger partial charge in [0.1, 0.15) is 0 Å². The van der Waals surface area contributed by atoms with Gasteiger partial charge < -0.3 is 15.1 Å².